The van der Waals surface area contributed by atoms with Gasteiger partial charge in [-0.2, -0.15) is 18.4 Å². The van der Waals surface area contributed by atoms with Crippen molar-refractivity contribution >= 4 is 15.7 Å². The molecule has 1 aromatic carbocycles. The van der Waals surface area contributed by atoms with E-state index < -0.39 is 10.0 Å². The molecule has 21 heavy (non-hydrogen) atoms. The summed E-state index contributed by atoms with van der Waals surface area (Å²) in [6.45, 7) is 4.11. The van der Waals surface area contributed by atoms with Gasteiger partial charge in [0, 0.05) is 6.20 Å². The molecular weight excluding hydrogens is 290 g/mol. The minimum absolute atomic E-state index is 0.133. The molecule has 0 amide bonds. The van der Waals surface area contributed by atoms with Crippen LogP contribution in [0.3, 0.4) is 0 Å². The van der Waals surface area contributed by atoms with Crippen molar-refractivity contribution in [2.75, 3.05) is 6.61 Å². The fourth-order valence-electron chi connectivity index (χ4n) is 1.68. The van der Waals surface area contributed by atoms with Crippen molar-refractivity contribution < 1.29 is 13.2 Å². The molecule has 0 aliphatic carbocycles. The Balaban J connectivity index is 2.13. The highest BCUT2D eigenvalue weighted by Crippen LogP contribution is 2.15. The van der Waals surface area contributed by atoms with Gasteiger partial charge in [-0.25, -0.2) is 0 Å². The van der Waals surface area contributed by atoms with E-state index in [1.807, 2.05) is 19.1 Å². The van der Waals surface area contributed by atoms with Gasteiger partial charge >= 0.3 is 0 Å². The van der Waals surface area contributed by atoms with Gasteiger partial charge in [0.1, 0.15) is 5.75 Å². The number of H-pyrrole nitrogens is 1. The minimum atomic E-state index is -3.69. The maximum atomic E-state index is 12.1. The fourth-order valence-corrected chi connectivity index (χ4v) is 2.54. The largest absolute Gasteiger partial charge is 0.494 e. The lowest BCUT2D eigenvalue weighted by atomic mass is 10.3. The normalized spacial score (nSPS) is 12.2. The number of benzene rings is 1. The third-order valence-corrected chi connectivity index (χ3v) is 3.99. The second kappa shape index (κ2) is 6.45. The number of sulfonamides is 1. The molecule has 0 atom stereocenters. The van der Waals surface area contributed by atoms with Crippen molar-refractivity contribution in [1.82, 2.24) is 9.82 Å². The van der Waals surface area contributed by atoms with Gasteiger partial charge in [0.25, 0.3) is 10.0 Å². The molecule has 2 N–H and O–H groups in total. The zero-order valence-electron chi connectivity index (χ0n) is 11.8. The van der Waals surface area contributed by atoms with E-state index in [0.717, 1.165) is 5.69 Å². The predicted octanol–water partition coefficient (Wildman–Crippen LogP) is 2.12. The Morgan fingerprint density at radius 1 is 1.29 bits per heavy atom. The van der Waals surface area contributed by atoms with E-state index >= 15 is 0 Å². The van der Waals surface area contributed by atoms with Crippen LogP contribution in [0.15, 0.2) is 52.6 Å². The van der Waals surface area contributed by atoms with Gasteiger partial charge in [0.05, 0.1) is 22.9 Å². The Morgan fingerprint density at radius 2 is 2.00 bits per heavy atom. The summed E-state index contributed by atoms with van der Waals surface area (Å²) in [5.41, 5.74) is 1.30. The second-order valence-electron chi connectivity index (χ2n) is 4.28. The lowest BCUT2D eigenvalue weighted by Gasteiger charge is -2.06. The van der Waals surface area contributed by atoms with Crippen molar-refractivity contribution in [3.63, 3.8) is 0 Å². The summed E-state index contributed by atoms with van der Waals surface area (Å²) in [5.74, 6) is 0.627. The molecule has 0 radical (unpaired) electrons. The lowest BCUT2D eigenvalue weighted by Crippen LogP contribution is -2.20. The Morgan fingerprint density at radius 3 is 2.57 bits per heavy atom. The maximum Gasteiger partial charge on any atom is 0.276 e. The van der Waals surface area contributed by atoms with Crippen LogP contribution in [-0.4, -0.2) is 25.7 Å². The lowest BCUT2D eigenvalue weighted by molar-refractivity contribution is 0.340. The van der Waals surface area contributed by atoms with Gasteiger partial charge in [-0.05, 0) is 50.2 Å². The summed E-state index contributed by atoms with van der Waals surface area (Å²) in [6.07, 6.45) is 1.75. The third kappa shape index (κ3) is 3.85. The van der Waals surface area contributed by atoms with E-state index in [-0.39, 0.29) is 4.90 Å². The quantitative estimate of drug-likeness (QED) is 0.633. The number of aromatic amines is 1. The second-order valence-corrected chi connectivity index (χ2v) is 5.94. The minimum Gasteiger partial charge on any atom is -0.494 e. The molecule has 0 saturated carbocycles. The van der Waals surface area contributed by atoms with Gasteiger partial charge in [-0.15, -0.1) is 0 Å². The van der Waals surface area contributed by atoms with Crippen LogP contribution >= 0.6 is 0 Å². The van der Waals surface area contributed by atoms with Crippen LogP contribution in [0.2, 0.25) is 0 Å². The molecule has 7 heteroatoms. The first-order valence-corrected chi connectivity index (χ1v) is 7.94. The van der Waals surface area contributed by atoms with Crippen LogP contribution in [0.5, 0.6) is 5.75 Å². The van der Waals surface area contributed by atoms with Gasteiger partial charge < -0.3 is 9.72 Å². The molecule has 2 rings (SSSR count). The van der Waals surface area contributed by atoms with Crippen LogP contribution in [0.25, 0.3) is 0 Å². The van der Waals surface area contributed by atoms with Crippen molar-refractivity contribution in [2.45, 2.75) is 18.7 Å². The molecule has 0 aliphatic rings. The number of nitrogens with one attached hydrogen (secondary N) is 2. The summed E-state index contributed by atoms with van der Waals surface area (Å²) >= 11 is 0. The van der Waals surface area contributed by atoms with E-state index in [1.54, 1.807) is 25.3 Å². The zero-order valence-corrected chi connectivity index (χ0v) is 12.6. The highest BCUT2D eigenvalue weighted by molar-refractivity contribution is 7.89. The third-order valence-electron chi connectivity index (χ3n) is 2.77. The summed E-state index contributed by atoms with van der Waals surface area (Å²) in [6, 6.07) is 9.80. The van der Waals surface area contributed by atoms with Crippen LogP contribution in [0, 0.1) is 0 Å². The van der Waals surface area contributed by atoms with Gasteiger partial charge in [0.15, 0.2) is 0 Å². The predicted molar refractivity (Wildman–Crippen MR) is 80.9 cm³/mol. The number of rotatable bonds is 6. The van der Waals surface area contributed by atoms with Crippen LogP contribution in [0.4, 0.5) is 0 Å². The van der Waals surface area contributed by atoms with Gasteiger partial charge in [-0.3, -0.25) is 0 Å². The van der Waals surface area contributed by atoms with E-state index in [2.05, 4.69) is 14.9 Å². The summed E-state index contributed by atoms with van der Waals surface area (Å²) in [7, 11) is -3.69. The van der Waals surface area contributed by atoms with Gasteiger partial charge in [0.2, 0.25) is 0 Å². The summed E-state index contributed by atoms with van der Waals surface area (Å²) in [5, 5.41) is 3.89. The number of hydrogen-bond donors (Lipinski definition) is 2. The molecule has 0 spiro atoms. The van der Waals surface area contributed by atoms with Gasteiger partial charge in [-0.1, -0.05) is 0 Å². The highest BCUT2D eigenvalue weighted by Gasteiger charge is 2.13. The molecule has 2 aromatic rings. The number of nitrogens with zero attached hydrogens (tertiary/aromatic N) is 1. The van der Waals surface area contributed by atoms with Crippen molar-refractivity contribution in [2.24, 2.45) is 5.10 Å². The Kier molecular flexibility index (Phi) is 4.64. The molecule has 1 aromatic heterocycles. The zero-order chi connectivity index (χ0) is 15.3. The van der Waals surface area contributed by atoms with Crippen molar-refractivity contribution in [3.05, 3.63) is 48.3 Å². The fraction of sp³-hybridized carbons (Fsp3) is 0.214. The van der Waals surface area contributed by atoms with Crippen molar-refractivity contribution in [1.29, 1.82) is 0 Å². The standard InChI is InChI=1S/C14H17N3O3S/c1-3-20-12-6-8-13(9-7-12)21(18,19)17-16-11(2)14-5-4-10-15-14/h4-10,15,17H,3H2,1-2H3/b16-11+. The highest BCUT2D eigenvalue weighted by atomic mass is 32.2. The first kappa shape index (κ1) is 15.1. The first-order chi connectivity index (χ1) is 10.0. The number of hydrogen-bond acceptors (Lipinski definition) is 4. The molecule has 112 valence electrons. The summed E-state index contributed by atoms with van der Waals surface area (Å²) < 4.78 is 29.5. The average molecular weight is 307 g/mol. The monoisotopic (exact) mass is 307 g/mol. The van der Waals surface area contributed by atoms with Crippen LogP contribution in [-0.2, 0) is 10.0 Å². The molecule has 0 saturated heterocycles. The number of ether oxygens (including phenoxy) is 1. The summed E-state index contributed by atoms with van der Waals surface area (Å²) in [4.78, 5) is 5.30. The number of hydrazone groups is 1. The van der Waals surface area contributed by atoms with E-state index in [0.29, 0.717) is 18.1 Å². The number of aromatic nitrogens is 1. The van der Waals surface area contributed by atoms with Crippen LogP contribution in [0.1, 0.15) is 19.5 Å². The average Bonchev–Trinajstić information content (AvgIpc) is 3.00. The Bertz CT molecular complexity index is 704. The maximum absolute atomic E-state index is 12.1. The van der Waals surface area contributed by atoms with E-state index in [9.17, 15) is 8.42 Å². The van der Waals surface area contributed by atoms with Crippen LogP contribution < -0.4 is 9.57 Å². The molecule has 0 fully saturated rings. The van der Waals surface area contributed by atoms with Crippen molar-refractivity contribution in [3.8, 4) is 5.75 Å². The van der Waals surface area contributed by atoms with E-state index in [4.69, 9.17) is 4.74 Å². The first-order valence-electron chi connectivity index (χ1n) is 6.45. The Hall–Kier alpha value is -2.28. The molecule has 6 nitrogen and oxygen atoms in total. The molecular formula is C14H17N3O3S. The molecule has 0 bridgehead atoms. The SMILES string of the molecule is CCOc1ccc(S(=O)(=O)N/N=C(\C)c2ccc[nH]2)cc1. The molecule has 0 aliphatic heterocycles. The molecule has 1 heterocycles. The smallest absolute Gasteiger partial charge is 0.276 e. The van der Waals surface area contributed by atoms with E-state index in [1.165, 1.54) is 12.1 Å². The topological polar surface area (TPSA) is 83.6 Å². The molecule has 0 unspecified atom stereocenters. The Labute approximate surface area is 123 Å².